The van der Waals surface area contributed by atoms with Crippen LogP contribution in [0, 0.1) is 13.8 Å². The summed E-state index contributed by atoms with van der Waals surface area (Å²) in [6, 6.07) is 3.86. The molecule has 0 aromatic heterocycles. The van der Waals surface area contributed by atoms with Crippen molar-refractivity contribution in [2.75, 3.05) is 19.3 Å². The van der Waals surface area contributed by atoms with E-state index in [2.05, 4.69) is 5.32 Å². The largest absolute Gasteiger partial charge is 0.316 e. The fraction of sp³-hybridized carbons (Fsp3) is 0.538. The average Bonchev–Trinajstić information content (AvgIpc) is 2.73. The molecule has 1 heterocycles. The molecule has 1 fully saturated rings. The molecule has 1 aromatic carbocycles. The molecule has 0 bridgehead atoms. The SMILES string of the molecule is Cc1cc(C2CCNC2)c(S(C)(=O)=O)cc1C. The van der Waals surface area contributed by atoms with Crippen LogP contribution in [0.3, 0.4) is 0 Å². The van der Waals surface area contributed by atoms with Crippen molar-refractivity contribution in [1.82, 2.24) is 5.32 Å². The van der Waals surface area contributed by atoms with Crippen LogP contribution in [0.25, 0.3) is 0 Å². The molecule has 2 rings (SSSR count). The number of aryl methyl sites for hydroxylation is 2. The second-order valence-electron chi connectivity index (χ2n) is 4.94. The van der Waals surface area contributed by atoms with Gasteiger partial charge in [-0.25, -0.2) is 8.42 Å². The molecular weight excluding hydrogens is 234 g/mol. The van der Waals surface area contributed by atoms with E-state index in [9.17, 15) is 8.42 Å². The topological polar surface area (TPSA) is 46.2 Å². The molecule has 94 valence electrons. The summed E-state index contributed by atoms with van der Waals surface area (Å²) < 4.78 is 23.7. The van der Waals surface area contributed by atoms with E-state index in [1.165, 1.54) is 11.8 Å². The van der Waals surface area contributed by atoms with Crippen LogP contribution in [0.2, 0.25) is 0 Å². The summed E-state index contributed by atoms with van der Waals surface area (Å²) in [4.78, 5) is 0.509. The summed E-state index contributed by atoms with van der Waals surface area (Å²) in [7, 11) is -3.14. The van der Waals surface area contributed by atoms with Gasteiger partial charge in [-0.05, 0) is 55.5 Å². The number of hydrogen-bond acceptors (Lipinski definition) is 3. The molecule has 1 unspecified atom stereocenters. The van der Waals surface area contributed by atoms with Gasteiger partial charge in [0.05, 0.1) is 4.90 Å². The Balaban J connectivity index is 2.59. The number of benzene rings is 1. The molecule has 4 heteroatoms. The third kappa shape index (κ3) is 2.53. The Bertz CT molecular complexity index is 529. The Morgan fingerprint density at radius 3 is 2.41 bits per heavy atom. The predicted molar refractivity (Wildman–Crippen MR) is 69.3 cm³/mol. The van der Waals surface area contributed by atoms with Crippen molar-refractivity contribution in [3.63, 3.8) is 0 Å². The lowest BCUT2D eigenvalue weighted by atomic mass is 9.95. The van der Waals surface area contributed by atoms with Crippen LogP contribution in [0.5, 0.6) is 0 Å². The monoisotopic (exact) mass is 253 g/mol. The highest BCUT2D eigenvalue weighted by Gasteiger charge is 2.24. The van der Waals surface area contributed by atoms with Crippen LogP contribution in [0.1, 0.15) is 29.0 Å². The van der Waals surface area contributed by atoms with E-state index in [1.54, 1.807) is 0 Å². The maximum Gasteiger partial charge on any atom is 0.175 e. The molecule has 1 atom stereocenters. The number of hydrogen-bond donors (Lipinski definition) is 1. The van der Waals surface area contributed by atoms with Gasteiger partial charge in [-0.1, -0.05) is 6.07 Å². The zero-order valence-corrected chi connectivity index (χ0v) is 11.4. The summed E-state index contributed by atoms with van der Waals surface area (Å²) in [5.41, 5.74) is 3.19. The van der Waals surface area contributed by atoms with Crippen LogP contribution < -0.4 is 5.32 Å². The Hall–Kier alpha value is -0.870. The molecule has 3 nitrogen and oxygen atoms in total. The highest BCUT2D eigenvalue weighted by molar-refractivity contribution is 7.90. The molecule has 0 saturated carbocycles. The lowest BCUT2D eigenvalue weighted by Crippen LogP contribution is -2.12. The van der Waals surface area contributed by atoms with Gasteiger partial charge in [0.2, 0.25) is 0 Å². The van der Waals surface area contributed by atoms with E-state index in [0.717, 1.165) is 30.6 Å². The first kappa shape index (κ1) is 12.6. The molecule has 1 aromatic rings. The molecule has 1 aliphatic rings. The fourth-order valence-corrected chi connectivity index (χ4v) is 3.42. The average molecular weight is 253 g/mol. The lowest BCUT2D eigenvalue weighted by molar-refractivity contribution is 0.598. The normalized spacial score (nSPS) is 20.8. The van der Waals surface area contributed by atoms with Gasteiger partial charge in [0, 0.05) is 12.8 Å². The van der Waals surface area contributed by atoms with E-state index in [1.807, 2.05) is 26.0 Å². The van der Waals surface area contributed by atoms with E-state index in [0.29, 0.717) is 10.8 Å². The third-order valence-electron chi connectivity index (χ3n) is 3.53. The summed E-state index contributed by atoms with van der Waals surface area (Å²) in [6.07, 6.45) is 2.31. The van der Waals surface area contributed by atoms with Gasteiger partial charge in [-0.3, -0.25) is 0 Å². The van der Waals surface area contributed by atoms with E-state index >= 15 is 0 Å². The Morgan fingerprint density at radius 2 is 1.88 bits per heavy atom. The molecule has 1 saturated heterocycles. The quantitative estimate of drug-likeness (QED) is 0.874. The van der Waals surface area contributed by atoms with Crippen molar-refractivity contribution in [3.05, 3.63) is 28.8 Å². The molecule has 0 aliphatic carbocycles. The van der Waals surface area contributed by atoms with Crippen LogP contribution >= 0.6 is 0 Å². The van der Waals surface area contributed by atoms with E-state index in [-0.39, 0.29) is 0 Å². The standard InChI is InChI=1S/C13H19NO2S/c1-9-6-12(11-4-5-14-8-11)13(7-10(9)2)17(3,15)16/h6-7,11,14H,4-5,8H2,1-3H3. The molecule has 1 aliphatic heterocycles. The van der Waals surface area contributed by atoms with Crippen LogP contribution in [0.4, 0.5) is 0 Å². The Kier molecular flexibility index (Phi) is 3.27. The maximum atomic E-state index is 11.9. The van der Waals surface area contributed by atoms with Gasteiger partial charge < -0.3 is 5.32 Å². The predicted octanol–water partition coefficient (Wildman–Crippen LogP) is 1.78. The molecule has 0 spiro atoms. The molecule has 0 radical (unpaired) electrons. The minimum absolute atomic E-state index is 0.332. The fourth-order valence-electron chi connectivity index (χ4n) is 2.37. The molecule has 17 heavy (non-hydrogen) atoms. The van der Waals surface area contributed by atoms with Gasteiger partial charge in [0.1, 0.15) is 0 Å². The van der Waals surface area contributed by atoms with Crippen molar-refractivity contribution in [1.29, 1.82) is 0 Å². The van der Waals surface area contributed by atoms with Gasteiger partial charge in [0.25, 0.3) is 0 Å². The zero-order valence-electron chi connectivity index (χ0n) is 10.6. The molecule has 1 N–H and O–H groups in total. The second kappa shape index (κ2) is 4.42. The second-order valence-corrected chi connectivity index (χ2v) is 6.92. The van der Waals surface area contributed by atoms with Crippen molar-refractivity contribution < 1.29 is 8.42 Å². The molecule has 0 amide bonds. The first-order chi connectivity index (χ1) is 7.89. The highest BCUT2D eigenvalue weighted by atomic mass is 32.2. The number of nitrogens with one attached hydrogen (secondary N) is 1. The van der Waals surface area contributed by atoms with Crippen LogP contribution in [0.15, 0.2) is 17.0 Å². The van der Waals surface area contributed by atoms with Crippen LogP contribution in [-0.4, -0.2) is 27.8 Å². The summed E-state index contributed by atoms with van der Waals surface area (Å²) in [6.45, 7) is 5.85. The minimum Gasteiger partial charge on any atom is -0.316 e. The summed E-state index contributed by atoms with van der Waals surface area (Å²) >= 11 is 0. The van der Waals surface area contributed by atoms with Crippen molar-refractivity contribution in [2.24, 2.45) is 0 Å². The van der Waals surface area contributed by atoms with Gasteiger partial charge >= 0.3 is 0 Å². The minimum atomic E-state index is -3.14. The highest BCUT2D eigenvalue weighted by Crippen LogP contribution is 2.30. The number of sulfone groups is 1. The first-order valence-corrected chi connectivity index (χ1v) is 7.80. The lowest BCUT2D eigenvalue weighted by Gasteiger charge is -2.16. The van der Waals surface area contributed by atoms with Crippen molar-refractivity contribution in [3.8, 4) is 0 Å². The van der Waals surface area contributed by atoms with Gasteiger partial charge in [-0.2, -0.15) is 0 Å². The summed E-state index contributed by atoms with van der Waals surface area (Å²) in [5, 5.41) is 3.29. The van der Waals surface area contributed by atoms with Crippen molar-refractivity contribution in [2.45, 2.75) is 31.1 Å². The smallest absolute Gasteiger partial charge is 0.175 e. The van der Waals surface area contributed by atoms with Gasteiger partial charge in [0.15, 0.2) is 9.84 Å². The van der Waals surface area contributed by atoms with Crippen LogP contribution in [-0.2, 0) is 9.84 Å². The zero-order chi connectivity index (χ0) is 12.6. The maximum absolute atomic E-state index is 11.9. The Labute approximate surface area is 103 Å². The third-order valence-corrected chi connectivity index (χ3v) is 4.68. The van der Waals surface area contributed by atoms with Gasteiger partial charge in [-0.15, -0.1) is 0 Å². The summed E-state index contributed by atoms with van der Waals surface area (Å²) in [5.74, 6) is 0.332. The van der Waals surface area contributed by atoms with E-state index < -0.39 is 9.84 Å². The van der Waals surface area contributed by atoms with E-state index in [4.69, 9.17) is 0 Å². The Morgan fingerprint density at radius 1 is 1.24 bits per heavy atom. The van der Waals surface area contributed by atoms with Crippen molar-refractivity contribution >= 4 is 9.84 Å². The molecular formula is C13H19NO2S. The number of rotatable bonds is 2. The first-order valence-electron chi connectivity index (χ1n) is 5.91.